The average Bonchev–Trinajstić information content (AvgIpc) is 2.90. The van der Waals surface area contributed by atoms with Crippen molar-refractivity contribution in [1.82, 2.24) is 5.32 Å². The van der Waals surface area contributed by atoms with Gasteiger partial charge in [-0.2, -0.15) is 0 Å². The Balaban J connectivity index is 1.62. The molecule has 0 amide bonds. The van der Waals surface area contributed by atoms with E-state index >= 15 is 0 Å². The van der Waals surface area contributed by atoms with Crippen molar-refractivity contribution in [2.24, 2.45) is 0 Å². The smallest absolute Gasteiger partial charge is 0.308 e. The first-order chi connectivity index (χ1) is 12.1. The number of rotatable bonds is 3. The van der Waals surface area contributed by atoms with Crippen LogP contribution in [0.3, 0.4) is 0 Å². The highest BCUT2D eigenvalue weighted by Crippen LogP contribution is 2.38. The molecule has 0 heterocycles. The standard InChI is InChI=1S/C21H21NO3/c1-13(23)25-15-9-10-17-18(11-15)20(12-21(17)24)22-19-8-4-6-14-5-2-3-7-16(14)19/h2-3,5,7,9-11,19-20,22H,4,6,8,12H2,1H3. The normalized spacial score (nSPS) is 21.6. The topological polar surface area (TPSA) is 55.4 Å². The van der Waals surface area contributed by atoms with Gasteiger partial charge in [0.05, 0.1) is 0 Å². The second-order valence-electron chi connectivity index (χ2n) is 6.83. The lowest BCUT2D eigenvalue weighted by Gasteiger charge is -2.29. The van der Waals surface area contributed by atoms with E-state index in [1.807, 2.05) is 6.07 Å². The lowest BCUT2D eigenvalue weighted by molar-refractivity contribution is -0.131. The van der Waals surface area contributed by atoms with Crippen molar-refractivity contribution in [1.29, 1.82) is 0 Å². The monoisotopic (exact) mass is 335 g/mol. The van der Waals surface area contributed by atoms with Gasteiger partial charge in [-0.3, -0.25) is 9.59 Å². The number of fused-ring (bicyclic) bond motifs is 2. The summed E-state index contributed by atoms with van der Waals surface area (Å²) in [6.45, 7) is 1.38. The van der Waals surface area contributed by atoms with Crippen LogP contribution in [0.25, 0.3) is 0 Å². The van der Waals surface area contributed by atoms with Gasteiger partial charge in [-0.1, -0.05) is 24.3 Å². The first kappa shape index (κ1) is 16.0. The van der Waals surface area contributed by atoms with E-state index in [0.29, 0.717) is 12.2 Å². The summed E-state index contributed by atoms with van der Waals surface area (Å²) in [4.78, 5) is 23.6. The van der Waals surface area contributed by atoms with E-state index in [2.05, 4.69) is 29.6 Å². The molecule has 2 unspecified atom stereocenters. The molecule has 128 valence electrons. The maximum Gasteiger partial charge on any atom is 0.308 e. The molecule has 2 aromatic carbocycles. The number of benzene rings is 2. The molecule has 2 aliphatic carbocycles. The minimum atomic E-state index is -0.352. The number of carbonyl (C=O) groups excluding carboxylic acids is 2. The molecule has 0 fully saturated rings. The molecule has 0 aromatic heterocycles. The van der Waals surface area contributed by atoms with Gasteiger partial charge >= 0.3 is 5.97 Å². The zero-order chi connectivity index (χ0) is 17.4. The van der Waals surface area contributed by atoms with Crippen LogP contribution in [-0.2, 0) is 11.2 Å². The summed E-state index contributed by atoms with van der Waals surface area (Å²) in [5, 5.41) is 3.68. The summed E-state index contributed by atoms with van der Waals surface area (Å²) < 4.78 is 5.19. The largest absolute Gasteiger partial charge is 0.427 e. The van der Waals surface area contributed by atoms with Crippen LogP contribution in [0.4, 0.5) is 0 Å². The van der Waals surface area contributed by atoms with Crippen LogP contribution in [0.2, 0.25) is 0 Å². The fourth-order valence-corrected chi connectivity index (χ4v) is 4.04. The number of carbonyl (C=O) groups is 2. The number of aryl methyl sites for hydroxylation is 1. The fourth-order valence-electron chi connectivity index (χ4n) is 4.04. The third-order valence-corrected chi connectivity index (χ3v) is 5.12. The van der Waals surface area contributed by atoms with E-state index in [9.17, 15) is 9.59 Å². The van der Waals surface area contributed by atoms with Crippen LogP contribution < -0.4 is 10.1 Å². The van der Waals surface area contributed by atoms with E-state index in [4.69, 9.17) is 4.74 Å². The van der Waals surface area contributed by atoms with Crippen molar-refractivity contribution in [3.63, 3.8) is 0 Å². The predicted molar refractivity (Wildman–Crippen MR) is 94.7 cm³/mol. The van der Waals surface area contributed by atoms with E-state index in [1.165, 1.54) is 18.1 Å². The minimum Gasteiger partial charge on any atom is -0.427 e. The van der Waals surface area contributed by atoms with Gasteiger partial charge in [0.25, 0.3) is 0 Å². The molecule has 0 saturated carbocycles. The van der Waals surface area contributed by atoms with Gasteiger partial charge in [0, 0.05) is 31.0 Å². The molecule has 0 radical (unpaired) electrons. The van der Waals surface area contributed by atoms with Crippen molar-refractivity contribution in [3.8, 4) is 5.75 Å². The molecule has 0 aliphatic heterocycles. The van der Waals surface area contributed by atoms with Gasteiger partial charge < -0.3 is 10.1 Å². The van der Waals surface area contributed by atoms with Crippen LogP contribution >= 0.6 is 0 Å². The van der Waals surface area contributed by atoms with Gasteiger partial charge in [-0.05, 0) is 54.2 Å². The molecule has 4 heteroatoms. The Kier molecular flexibility index (Phi) is 4.14. The van der Waals surface area contributed by atoms with Gasteiger partial charge in [-0.15, -0.1) is 0 Å². The molecule has 2 aliphatic rings. The molecule has 0 spiro atoms. The fraction of sp³-hybridized carbons (Fsp3) is 0.333. The summed E-state index contributed by atoms with van der Waals surface area (Å²) in [5.41, 5.74) is 4.40. The van der Waals surface area contributed by atoms with Crippen molar-refractivity contribution in [3.05, 3.63) is 64.7 Å². The Hall–Kier alpha value is -2.46. The molecular formula is C21H21NO3. The lowest BCUT2D eigenvalue weighted by Crippen LogP contribution is -2.28. The Morgan fingerprint density at radius 2 is 1.96 bits per heavy atom. The quantitative estimate of drug-likeness (QED) is 0.682. The first-order valence-corrected chi connectivity index (χ1v) is 8.81. The highest BCUT2D eigenvalue weighted by molar-refractivity contribution is 6.01. The number of hydrogen-bond acceptors (Lipinski definition) is 4. The zero-order valence-electron chi connectivity index (χ0n) is 14.2. The number of esters is 1. The van der Waals surface area contributed by atoms with Gasteiger partial charge in [0.2, 0.25) is 0 Å². The van der Waals surface area contributed by atoms with Crippen molar-refractivity contribution in [2.45, 2.75) is 44.7 Å². The van der Waals surface area contributed by atoms with Crippen molar-refractivity contribution >= 4 is 11.8 Å². The maximum absolute atomic E-state index is 12.3. The third kappa shape index (κ3) is 3.10. The van der Waals surface area contributed by atoms with Gasteiger partial charge in [0.15, 0.2) is 5.78 Å². The van der Waals surface area contributed by atoms with E-state index in [-0.39, 0.29) is 23.8 Å². The molecule has 1 N–H and O–H groups in total. The molecule has 2 aromatic rings. The third-order valence-electron chi connectivity index (χ3n) is 5.12. The molecule has 0 saturated heterocycles. The second kappa shape index (κ2) is 6.45. The van der Waals surface area contributed by atoms with Crippen LogP contribution in [-0.4, -0.2) is 11.8 Å². The number of Topliss-reactive ketones (excluding diaryl/α,β-unsaturated/α-hetero) is 1. The van der Waals surface area contributed by atoms with Crippen LogP contribution in [0.1, 0.15) is 65.3 Å². The molecular weight excluding hydrogens is 314 g/mol. The molecule has 4 rings (SSSR count). The summed E-state index contributed by atoms with van der Waals surface area (Å²) >= 11 is 0. The van der Waals surface area contributed by atoms with E-state index in [0.717, 1.165) is 30.4 Å². The number of ketones is 1. The summed E-state index contributed by atoms with van der Waals surface area (Å²) in [5.74, 6) is 0.290. The molecule has 4 nitrogen and oxygen atoms in total. The summed E-state index contributed by atoms with van der Waals surface area (Å²) in [6.07, 6.45) is 3.79. The van der Waals surface area contributed by atoms with Gasteiger partial charge in [0.1, 0.15) is 5.75 Å². The molecule has 2 atom stereocenters. The predicted octanol–water partition coefficient (Wildman–Crippen LogP) is 3.91. The summed E-state index contributed by atoms with van der Waals surface area (Å²) in [7, 11) is 0. The molecule has 25 heavy (non-hydrogen) atoms. The molecule has 0 bridgehead atoms. The Bertz CT molecular complexity index is 843. The van der Waals surface area contributed by atoms with E-state index < -0.39 is 0 Å². The van der Waals surface area contributed by atoms with Crippen LogP contribution in [0.5, 0.6) is 5.75 Å². The highest BCUT2D eigenvalue weighted by Gasteiger charge is 2.32. The average molecular weight is 335 g/mol. The zero-order valence-corrected chi connectivity index (χ0v) is 14.2. The lowest BCUT2D eigenvalue weighted by atomic mass is 9.87. The number of nitrogens with one attached hydrogen (secondary N) is 1. The Morgan fingerprint density at radius 3 is 2.80 bits per heavy atom. The Labute approximate surface area is 147 Å². The maximum atomic E-state index is 12.3. The van der Waals surface area contributed by atoms with Crippen molar-refractivity contribution < 1.29 is 14.3 Å². The van der Waals surface area contributed by atoms with Crippen LogP contribution in [0.15, 0.2) is 42.5 Å². The number of hydrogen-bond donors (Lipinski definition) is 1. The van der Waals surface area contributed by atoms with E-state index in [1.54, 1.807) is 12.1 Å². The van der Waals surface area contributed by atoms with Crippen LogP contribution in [0, 0.1) is 0 Å². The van der Waals surface area contributed by atoms with Crippen molar-refractivity contribution in [2.75, 3.05) is 0 Å². The second-order valence-corrected chi connectivity index (χ2v) is 6.83. The SMILES string of the molecule is CC(=O)Oc1ccc2c(c1)C(NC1CCCc3ccccc31)CC2=O. The first-order valence-electron chi connectivity index (χ1n) is 8.81. The number of ether oxygens (including phenoxy) is 1. The minimum absolute atomic E-state index is 0.0332. The van der Waals surface area contributed by atoms with Gasteiger partial charge in [-0.25, -0.2) is 0 Å². The Morgan fingerprint density at radius 1 is 1.12 bits per heavy atom. The summed E-state index contributed by atoms with van der Waals surface area (Å²) in [6, 6.07) is 14.0. The highest BCUT2D eigenvalue weighted by atomic mass is 16.5.